The van der Waals surface area contributed by atoms with E-state index in [4.69, 9.17) is 0 Å². The van der Waals surface area contributed by atoms with Crippen molar-refractivity contribution in [3.8, 4) is 0 Å². The smallest absolute Gasteiger partial charge is 0.191 e. The zero-order valence-electron chi connectivity index (χ0n) is 17.2. The highest BCUT2D eigenvalue weighted by Crippen LogP contribution is 2.29. The lowest BCUT2D eigenvalue weighted by atomic mass is 9.97. The van der Waals surface area contributed by atoms with Crippen molar-refractivity contribution in [1.29, 1.82) is 0 Å². The normalized spacial score (nSPS) is 19.1. The first kappa shape index (κ1) is 22.2. The first-order chi connectivity index (χ1) is 12.6. The van der Waals surface area contributed by atoms with Crippen LogP contribution in [0.3, 0.4) is 0 Å². The average molecular weight is 415 g/mol. The van der Waals surface area contributed by atoms with Gasteiger partial charge in [-0.2, -0.15) is 0 Å². The zero-order chi connectivity index (χ0) is 20.1. The summed E-state index contributed by atoms with van der Waals surface area (Å²) in [5.41, 5.74) is 0. The minimum Gasteiger partial charge on any atom is -0.355 e. The molecule has 0 aliphatic carbocycles. The average Bonchev–Trinajstić information content (AvgIpc) is 3.12. The van der Waals surface area contributed by atoms with Gasteiger partial charge >= 0.3 is 0 Å². The van der Waals surface area contributed by atoms with Gasteiger partial charge in [-0.3, -0.25) is 9.89 Å². The van der Waals surface area contributed by atoms with E-state index >= 15 is 0 Å². The van der Waals surface area contributed by atoms with Crippen LogP contribution in [0.2, 0.25) is 0 Å². The molecule has 1 fully saturated rings. The zero-order valence-corrected chi connectivity index (χ0v) is 18.8. The Labute approximate surface area is 168 Å². The third-order valence-electron chi connectivity index (χ3n) is 5.50. The number of thiophene rings is 1. The summed E-state index contributed by atoms with van der Waals surface area (Å²) in [7, 11) is -1.43. The number of piperidine rings is 1. The number of aliphatic imine (C=N–C) groups is 1. The predicted octanol–water partition coefficient (Wildman–Crippen LogP) is 2.51. The van der Waals surface area contributed by atoms with Crippen LogP contribution < -0.4 is 10.6 Å². The molecule has 0 bridgehead atoms. The third kappa shape index (κ3) is 6.19. The number of likely N-dealkylation sites (tertiary alicyclic amines) is 1. The number of guanidine groups is 1. The molecule has 8 heteroatoms. The summed E-state index contributed by atoms with van der Waals surface area (Å²) in [5, 5.41) is 8.69. The number of sulfone groups is 1. The van der Waals surface area contributed by atoms with E-state index in [0.717, 1.165) is 25.6 Å². The molecule has 0 spiro atoms. The molecule has 2 rings (SSSR count). The number of hydrogen-bond acceptors (Lipinski definition) is 5. The van der Waals surface area contributed by atoms with Crippen LogP contribution in [0.1, 0.15) is 44.5 Å². The molecule has 2 heterocycles. The van der Waals surface area contributed by atoms with Crippen LogP contribution in [0.5, 0.6) is 0 Å². The molecule has 1 aliphatic rings. The van der Waals surface area contributed by atoms with Crippen LogP contribution in [0, 0.1) is 5.92 Å². The number of nitrogens with one attached hydrogen (secondary N) is 2. The largest absolute Gasteiger partial charge is 0.355 e. The van der Waals surface area contributed by atoms with Gasteiger partial charge in [0.05, 0.1) is 10.8 Å². The van der Waals surface area contributed by atoms with Gasteiger partial charge < -0.3 is 10.6 Å². The first-order valence-corrected chi connectivity index (χ1v) is 12.3. The van der Waals surface area contributed by atoms with Gasteiger partial charge in [-0.15, -0.1) is 11.3 Å². The van der Waals surface area contributed by atoms with Crippen molar-refractivity contribution < 1.29 is 8.42 Å². The van der Waals surface area contributed by atoms with Crippen molar-refractivity contribution in [2.75, 3.05) is 39.5 Å². The molecule has 1 unspecified atom stereocenters. The van der Waals surface area contributed by atoms with Crippen molar-refractivity contribution in [2.45, 2.75) is 44.4 Å². The molecule has 1 saturated heterocycles. The van der Waals surface area contributed by atoms with E-state index in [1.54, 1.807) is 32.2 Å². The standard InChI is InChI=1S/C19H34N4O2S2/c1-15-8-10-23(11-9-15)16(17-7-6-12-26-17)13-21-18(20-4)22-14-19(2,3)27(5,24)25/h6-7,12,15-16H,8-11,13-14H2,1-5H3,(H2,20,21,22). The second-order valence-electron chi connectivity index (χ2n) is 8.09. The minimum absolute atomic E-state index is 0.305. The molecule has 0 aromatic carbocycles. The SMILES string of the molecule is CN=C(NCC(c1cccs1)N1CCC(C)CC1)NCC(C)(C)S(C)(=O)=O. The minimum atomic E-state index is -3.15. The lowest BCUT2D eigenvalue weighted by molar-refractivity contribution is 0.140. The maximum absolute atomic E-state index is 11.9. The fourth-order valence-corrected chi connectivity index (χ4v) is 4.27. The highest BCUT2D eigenvalue weighted by Gasteiger charge is 2.30. The molecule has 1 atom stereocenters. The Balaban J connectivity index is 1.98. The van der Waals surface area contributed by atoms with Crippen molar-refractivity contribution >= 4 is 27.1 Å². The van der Waals surface area contributed by atoms with Gasteiger partial charge in [0.1, 0.15) is 0 Å². The Morgan fingerprint density at radius 3 is 2.56 bits per heavy atom. The van der Waals surface area contributed by atoms with Crippen LogP contribution in [-0.2, 0) is 9.84 Å². The molecule has 1 aromatic rings. The second kappa shape index (κ2) is 9.39. The number of hydrogen-bond donors (Lipinski definition) is 2. The topological polar surface area (TPSA) is 73.8 Å². The van der Waals surface area contributed by atoms with E-state index in [1.807, 2.05) is 0 Å². The number of nitrogens with zero attached hydrogens (tertiary/aromatic N) is 2. The van der Waals surface area contributed by atoms with Gasteiger partial charge in [-0.1, -0.05) is 13.0 Å². The van der Waals surface area contributed by atoms with Crippen molar-refractivity contribution in [1.82, 2.24) is 15.5 Å². The molecule has 6 nitrogen and oxygen atoms in total. The van der Waals surface area contributed by atoms with Crippen LogP contribution in [0.4, 0.5) is 0 Å². The maximum Gasteiger partial charge on any atom is 0.191 e. The summed E-state index contributed by atoms with van der Waals surface area (Å²) < 4.78 is 23.0. The van der Waals surface area contributed by atoms with Gasteiger partial charge in [0.2, 0.25) is 0 Å². The lowest BCUT2D eigenvalue weighted by Crippen LogP contribution is -2.49. The van der Waals surface area contributed by atoms with Gasteiger partial charge in [0.25, 0.3) is 0 Å². The fourth-order valence-electron chi connectivity index (χ4n) is 3.07. The molecule has 27 heavy (non-hydrogen) atoms. The molecule has 0 radical (unpaired) electrons. The van der Waals surface area contributed by atoms with E-state index in [2.05, 4.69) is 45.0 Å². The first-order valence-electron chi connectivity index (χ1n) is 9.55. The molecule has 0 amide bonds. The molecule has 2 N–H and O–H groups in total. The van der Waals surface area contributed by atoms with Crippen molar-refractivity contribution in [3.63, 3.8) is 0 Å². The number of rotatable bonds is 7. The van der Waals surface area contributed by atoms with E-state index in [1.165, 1.54) is 24.0 Å². The fraction of sp³-hybridized carbons (Fsp3) is 0.737. The van der Waals surface area contributed by atoms with Gasteiger partial charge in [-0.25, -0.2) is 8.42 Å². The van der Waals surface area contributed by atoms with Gasteiger partial charge in [0.15, 0.2) is 15.8 Å². The Morgan fingerprint density at radius 1 is 1.37 bits per heavy atom. The van der Waals surface area contributed by atoms with E-state index in [9.17, 15) is 8.42 Å². The predicted molar refractivity (Wildman–Crippen MR) is 115 cm³/mol. The highest BCUT2D eigenvalue weighted by atomic mass is 32.2. The summed E-state index contributed by atoms with van der Waals surface area (Å²) in [5.74, 6) is 1.43. The van der Waals surface area contributed by atoms with E-state index in [-0.39, 0.29) is 0 Å². The van der Waals surface area contributed by atoms with Crippen LogP contribution in [0.15, 0.2) is 22.5 Å². The highest BCUT2D eigenvalue weighted by molar-refractivity contribution is 7.92. The summed E-state index contributed by atoms with van der Waals surface area (Å²) in [6.07, 6.45) is 3.74. The summed E-state index contributed by atoms with van der Waals surface area (Å²) >= 11 is 1.78. The van der Waals surface area contributed by atoms with E-state index < -0.39 is 14.6 Å². The van der Waals surface area contributed by atoms with Gasteiger partial charge in [-0.05, 0) is 57.1 Å². The molecule has 1 aromatic heterocycles. The van der Waals surface area contributed by atoms with Crippen LogP contribution >= 0.6 is 11.3 Å². The third-order valence-corrected chi connectivity index (χ3v) is 8.63. The van der Waals surface area contributed by atoms with Crippen molar-refractivity contribution in [3.05, 3.63) is 22.4 Å². The van der Waals surface area contributed by atoms with Gasteiger partial charge in [0, 0.05) is 31.3 Å². The van der Waals surface area contributed by atoms with Crippen molar-refractivity contribution in [2.24, 2.45) is 10.9 Å². The van der Waals surface area contributed by atoms with E-state index in [0.29, 0.717) is 18.5 Å². The lowest BCUT2D eigenvalue weighted by Gasteiger charge is -2.36. The molecule has 1 aliphatic heterocycles. The Hall–Kier alpha value is -1.12. The monoisotopic (exact) mass is 414 g/mol. The Morgan fingerprint density at radius 2 is 2.04 bits per heavy atom. The maximum atomic E-state index is 11.9. The summed E-state index contributed by atoms with van der Waals surface area (Å²) in [4.78, 5) is 8.17. The summed E-state index contributed by atoms with van der Waals surface area (Å²) in [6.45, 7) is 9.06. The molecule has 154 valence electrons. The second-order valence-corrected chi connectivity index (χ2v) is 11.7. The quantitative estimate of drug-likeness (QED) is 0.530. The van der Waals surface area contributed by atoms with Crippen LogP contribution in [0.25, 0.3) is 0 Å². The molecule has 0 saturated carbocycles. The molecular formula is C19H34N4O2S2. The summed E-state index contributed by atoms with van der Waals surface area (Å²) in [6, 6.07) is 4.60. The Bertz CT molecular complexity index is 706. The van der Waals surface area contributed by atoms with Crippen LogP contribution in [-0.4, -0.2) is 63.5 Å². The Kier molecular flexibility index (Phi) is 7.71. The molecular weight excluding hydrogens is 380 g/mol.